The van der Waals surface area contributed by atoms with Crippen LogP contribution < -0.4 is 9.47 Å². The standard InChI is InChI=1S/C24H25BrN2O5S/c1-6-31-19-11-15(10-17(25)21(19)32-13(2)3)12-20-22(28)27(5)24(33-20)26-18-9-7-8-16(14(18)4)23(29)30/h7-13H,6H2,1-5H3,(H,29,30)/b20-12-,26-24?. The number of likely N-dealkylation sites (N-methyl/N-ethyl adjacent to an activating group) is 1. The molecule has 1 N–H and O–H groups in total. The van der Waals surface area contributed by atoms with E-state index in [1.807, 2.05) is 32.9 Å². The van der Waals surface area contributed by atoms with Crippen LogP contribution in [0.25, 0.3) is 6.08 Å². The van der Waals surface area contributed by atoms with E-state index in [9.17, 15) is 14.7 Å². The number of ether oxygens (including phenoxy) is 2. The minimum Gasteiger partial charge on any atom is -0.490 e. The van der Waals surface area contributed by atoms with Gasteiger partial charge in [-0.1, -0.05) is 6.07 Å². The van der Waals surface area contributed by atoms with Crippen molar-refractivity contribution in [3.63, 3.8) is 0 Å². The number of carboxylic acid groups (broad SMARTS) is 1. The third-order valence-corrected chi connectivity index (χ3v) is 6.39. The smallest absolute Gasteiger partial charge is 0.336 e. The number of carbonyl (C=O) groups is 2. The summed E-state index contributed by atoms with van der Waals surface area (Å²) in [5.41, 5.74) is 2.01. The van der Waals surface area contributed by atoms with E-state index >= 15 is 0 Å². The molecule has 2 aromatic rings. The Bertz CT molecular complexity index is 1160. The number of nitrogens with zero attached hydrogens (tertiary/aromatic N) is 2. The van der Waals surface area contributed by atoms with E-state index in [0.717, 1.165) is 10.0 Å². The van der Waals surface area contributed by atoms with Crippen molar-refractivity contribution in [2.24, 2.45) is 4.99 Å². The molecule has 0 bridgehead atoms. The van der Waals surface area contributed by atoms with E-state index in [1.165, 1.54) is 22.7 Å². The third-order valence-electron chi connectivity index (χ3n) is 4.74. The number of aromatic carboxylic acids is 1. The number of benzene rings is 2. The molecule has 1 heterocycles. The SMILES string of the molecule is CCOc1cc(/C=C2\SC(=Nc3cccc(C(=O)O)c3C)N(C)C2=O)cc(Br)c1OC(C)C. The topological polar surface area (TPSA) is 88.4 Å². The molecule has 1 fully saturated rings. The molecule has 1 amide bonds. The second kappa shape index (κ2) is 10.4. The van der Waals surface area contributed by atoms with Crippen molar-refractivity contribution in [3.8, 4) is 11.5 Å². The molecule has 1 aliphatic heterocycles. The molecule has 9 heteroatoms. The largest absolute Gasteiger partial charge is 0.490 e. The zero-order valence-electron chi connectivity index (χ0n) is 19.0. The summed E-state index contributed by atoms with van der Waals surface area (Å²) in [5, 5.41) is 9.82. The number of carboxylic acids is 1. The van der Waals surface area contributed by atoms with Crippen LogP contribution in [-0.4, -0.2) is 46.8 Å². The van der Waals surface area contributed by atoms with Crippen LogP contribution in [0.3, 0.4) is 0 Å². The van der Waals surface area contributed by atoms with E-state index in [4.69, 9.17) is 9.47 Å². The molecule has 1 aliphatic rings. The van der Waals surface area contributed by atoms with Crippen LogP contribution in [0.1, 0.15) is 42.3 Å². The van der Waals surface area contributed by atoms with Crippen LogP contribution in [0, 0.1) is 6.92 Å². The van der Waals surface area contributed by atoms with Gasteiger partial charge in [-0.25, -0.2) is 9.79 Å². The fraction of sp³-hybridized carbons (Fsp3) is 0.292. The fourth-order valence-corrected chi connectivity index (χ4v) is 4.70. The minimum absolute atomic E-state index is 0.0211. The number of carbonyl (C=O) groups excluding carboxylic acids is 1. The van der Waals surface area contributed by atoms with E-state index in [0.29, 0.717) is 39.4 Å². The van der Waals surface area contributed by atoms with Crippen LogP contribution in [0.15, 0.2) is 44.7 Å². The Morgan fingerprint density at radius 2 is 2.06 bits per heavy atom. The minimum atomic E-state index is -1.01. The molecule has 7 nitrogen and oxygen atoms in total. The average molecular weight is 533 g/mol. The number of thioether (sulfide) groups is 1. The number of rotatable bonds is 7. The number of hydrogen-bond acceptors (Lipinski definition) is 6. The molecule has 0 atom stereocenters. The van der Waals surface area contributed by atoms with Gasteiger partial charge in [-0.15, -0.1) is 0 Å². The summed E-state index contributed by atoms with van der Waals surface area (Å²) in [6, 6.07) is 8.61. The van der Waals surface area contributed by atoms with Gasteiger partial charge >= 0.3 is 5.97 Å². The maximum atomic E-state index is 12.9. The normalized spacial score (nSPS) is 16.2. The van der Waals surface area contributed by atoms with E-state index in [2.05, 4.69) is 20.9 Å². The Hall–Kier alpha value is -2.78. The van der Waals surface area contributed by atoms with Gasteiger partial charge in [0.05, 0.1) is 33.3 Å². The first-order valence-electron chi connectivity index (χ1n) is 10.3. The molecule has 1 saturated heterocycles. The molecule has 0 saturated carbocycles. The van der Waals surface area contributed by atoms with Crippen molar-refractivity contribution < 1.29 is 24.2 Å². The Morgan fingerprint density at radius 1 is 1.33 bits per heavy atom. The first kappa shape index (κ1) is 24.9. The molecular weight excluding hydrogens is 508 g/mol. The maximum Gasteiger partial charge on any atom is 0.336 e. The first-order valence-corrected chi connectivity index (χ1v) is 12.0. The summed E-state index contributed by atoms with van der Waals surface area (Å²) in [6.45, 7) is 7.96. The number of hydrogen-bond donors (Lipinski definition) is 1. The molecule has 0 aromatic heterocycles. The predicted molar refractivity (Wildman–Crippen MR) is 135 cm³/mol. The van der Waals surface area contributed by atoms with Crippen molar-refractivity contribution in [2.75, 3.05) is 13.7 Å². The zero-order chi connectivity index (χ0) is 24.3. The maximum absolute atomic E-state index is 12.9. The Kier molecular flexibility index (Phi) is 7.86. The lowest BCUT2D eigenvalue weighted by atomic mass is 10.1. The van der Waals surface area contributed by atoms with Crippen molar-refractivity contribution in [1.29, 1.82) is 0 Å². The monoisotopic (exact) mass is 532 g/mol. The summed E-state index contributed by atoms with van der Waals surface area (Å²) < 4.78 is 12.4. The van der Waals surface area contributed by atoms with Crippen LogP contribution >= 0.6 is 27.7 Å². The molecule has 3 rings (SSSR count). The quantitative estimate of drug-likeness (QED) is 0.448. The summed E-state index contributed by atoms with van der Waals surface area (Å²) in [6.07, 6.45) is 1.76. The van der Waals surface area contributed by atoms with Crippen molar-refractivity contribution in [1.82, 2.24) is 4.90 Å². The van der Waals surface area contributed by atoms with Gasteiger partial charge in [0.25, 0.3) is 5.91 Å². The molecule has 0 radical (unpaired) electrons. The summed E-state index contributed by atoms with van der Waals surface area (Å²) in [7, 11) is 1.65. The average Bonchev–Trinajstić information content (AvgIpc) is 2.99. The zero-order valence-corrected chi connectivity index (χ0v) is 21.4. The number of aliphatic imine (C=N–C) groups is 1. The van der Waals surface area contributed by atoms with Gasteiger partial charge in [0, 0.05) is 7.05 Å². The summed E-state index contributed by atoms with van der Waals surface area (Å²) in [4.78, 5) is 30.8. The van der Waals surface area contributed by atoms with Gasteiger partial charge in [-0.3, -0.25) is 9.69 Å². The van der Waals surface area contributed by atoms with E-state index < -0.39 is 5.97 Å². The van der Waals surface area contributed by atoms with Crippen LogP contribution in [0.2, 0.25) is 0 Å². The van der Waals surface area contributed by atoms with Gasteiger partial charge in [0.1, 0.15) is 0 Å². The summed E-state index contributed by atoms with van der Waals surface area (Å²) >= 11 is 4.78. The highest BCUT2D eigenvalue weighted by molar-refractivity contribution is 9.10. The van der Waals surface area contributed by atoms with Gasteiger partial charge in [0.15, 0.2) is 16.7 Å². The lowest BCUT2D eigenvalue weighted by molar-refractivity contribution is -0.121. The van der Waals surface area contributed by atoms with Gasteiger partial charge in [-0.2, -0.15) is 0 Å². The number of amides is 1. The Labute approximate surface area is 205 Å². The molecule has 174 valence electrons. The molecule has 0 spiro atoms. The van der Waals surface area contributed by atoms with E-state index in [1.54, 1.807) is 32.2 Å². The molecule has 2 aromatic carbocycles. The first-order chi connectivity index (χ1) is 15.6. The molecule has 0 unspecified atom stereocenters. The summed E-state index contributed by atoms with van der Waals surface area (Å²) in [5.74, 6) is 0.000352. The fourth-order valence-electron chi connectivity index (χ4n) is 3.17. The lowest BCUT2D eigenvalue weighted by Crippen LogP contribution is -2.23. The molecule has 0 aliphatic carbocycles. The van der Waals surface area contributed by atoms with Gasteiger partial charge < -0.3 is 14.6 Å². The highest BCUT2D eigenvalue weighted by Gasteiger charge is 2.31. The number of amidine groups is 1. The van der Waals surface area contributed by atoms with Crippen LogP contribution in [-0.2, 0) is 4.79 Å². The van der Waals surface area contributed by atoms with Crippen LogP contribution in [0.4, 0.5) is 5.69 Å². The lowest BCUT2D eigenvalue weighted by Gasteiger charge is -2.17. The van der Waals surface area contributed by atoms with Gasteiger partial charge in [-0.05, 0) is 96.9 Å². The van der Waals surface area contributed by atoms with Crippen molar-refractivity contribution in [2.45, 2.75) is 33.8 Å². The Balaban J connectivity index is 1.97. The van der Waals surface area contributed by atoms with Gasteiger partial charge in [0.2, 0.25) is 0 Å². The molecule has 33 heavy (non-hydrogen) atoms. The van der Waals surface area contributed by atoms with Crippen molar-refractivity contribution >= 4 is 56.5 Å². The number of halogens is 1. The highest BCUT2D eigenvalue weighted by atomic mass is 79.9. The Morgan fingerprint density at radius 3 is 2.70 bits per heavy atom. The van der Waals surface area contributed by atoms with Crippen LogP contribution in [0.5, 0.6) is 11.5 Å². The third kappa shape index (κ3) is 5.59. The second-order valence-electron chi connectivity index (χ2n) is 7.55. The van der Waals surface area contributed by atoms with E-state index in [-0.39, 0.29) is 17.6 Å². The highest BCUT2D eigenvalue weighted by Crippen LogP contribution is 2.40. The predicted octanol–water partition coefficient (Wildman–Crippen LogP) is 5.88. The second-order valence-corrected chi connectivity index (χ2v) is 9.42. The molecular formula is C24H25BrN2O5S. The van der Waals surface area contributed by atoms with Crippen molar-refractivity contribution in [3.05, 3.63) is 56.4 Å².